The lowest BCUT2D eigenvalue weighted by Gasteiger charge is -2.33. The molecule has 0 aromatic carbocycles. The van der Waals surface area contributed by atoms with E-state index in [1.54, 1.807) is 17.4 Å². The van der Waals surface area contributed by atoms with E-state index in [4.69, 9.17) is 4.42 Å². The first-order valence-electron chi connectivity index (χ1n) is 7.53. The van der Waals surface area contributed by atoms with Crippen LogP contribution < -0.4 is 0 Å². The summed E-state index contributed by atoms with van der Waals surface area (Å²) < 4.78 is 5.49. The summed E-state index contributed by atoms with van der Waals surface area (Å²) in [5.74, 6) is 0.916. The van der Waals surface area contributed by atoms with Crippen LogP contribution in [-0.4, -0.2) is 40.1 Å². The lowest BCUT2D eigenvalue weighted by atomic mass is 9.92. The van der Waals surface area contributed by atoms with E-state index in [9.17, 15) is 9.90 Å². The van der Waals surface area contributed by atoms with Crippen molar-refractivity contribution in [2.45, 2.75) is 32.8 Å². The normalized spacial score (nSPS) is 17.7. The Morgan fingerprint density at radius 2 is 2.23 bits per heavy atom. The number of hydrogen-bond donors (Lipinski definition) is 1. The van der Waals surface area contributed by atoms with Gasteiger partial charge in [0.2, 0.25) is 0 Å². The molecule has 0 spiro atoms. The first-order chi connectivity index (χ1) is 10.5. The highest BCUT2D eigenvalue weighted by molar-refractivity contribution is 7.09. The van der Waals surface area contributed by atoms with Gasteiger partial charge in [-0.15, -0.1) is 11.3 Å². The van der Waals surface area contributed by atoms with E-state index in [2.05, 4.69) is 4.98 Å². The maximum absolute atomic E-state index is 12.5. The molecule has 22 heavy (non-hydrogen) atoms. The summed E-state index contributed by atoms with van der Waals surface area (Å²) in [6.07, 6.45) is 2.90. The van der Waals surface area contributed by atoms with Gasteiger partial charge in [-0.25, -0.2) is 4.98 Å². The smallest absolute Gasteiger partial charge is 0.257 e. The summed E-state index contributed by atoms with van der Waals surface area (Å²) >= 11 is 1.56. The Labute approximate surface area is 133 Å². The fourth-order valence-corrected chi connectivity index (χ4v) is 3.43. The molecule has 3 rings (SSSR count). The summed E-state index contributed by atoms with van der Waals surface area (Å²) in [5, 5.41) is 12.5. The zero-order chi connectivity index (χ0) is 15.7. The molecule has 0 aliphatic carbocycles. The van der Waals surface area contributed by atoms with Crippen molar-refractivity contribution in [1.29, 1.82) is 0 Å². The van der Waals surface area contributed by atoms with Crippen LogP contribution in [-0.2, 0) is 0 Å². The summed E-state index contributed by atoms with van der Waals surface area (Å²) in [6.45, 7) is 5.13. The topological polar surface area (TPSA) is 66.6 Å². The highest BCUT2D eigenvalue weighted by Crippen LogP contribution is 2.26. The lowest BCUT2D eigenvalue weighted by molar-refractivity contribution is 0.0521. The first-order valence-corrected chi connectivity index (χ1v) is 8.41. The van der Waals surface area contributed by atoms with Crippen molar-refractivity contribution in [3.8, 4) is 11.5 Å². The third-order valence-corrected chi connectivity index (χ3v) is 5.00. The van der Waals surface area contributed by atoms with Gasteiger partial charge in [-0.1, -0.05) is 0 Å². The van der Waals surface area contributed by atoms with Crippen LogP contribution in [0.15, 0.2) is 22.1 Å². The van der Waals surface area contributed by atoms with Crippen LogP contribution in [0.2, 0.25) is 0 Å². The lowest BCUT2D eigenvalue weighted by Crippen LogP contribution is -2.40. The SMILES string of the molecule is Cc1nc(-c2cc(C(=O)N3CCC(C(C)O)CC3)co2)cs1. The van der Waals surface area contributed by atoms with E-state index in [-0.39, 0.29) is 12.0 Å². The minimum absolute atomic E-state index is 0.00834. The van der Waals surface area contributed by atoms with Crippen molar-refractivity contribution >= 4 is 17.2 Å². The van der Waals surface area contributed by atoms with E-state index in [0.717, 1.165) is 23.5 Å². The van der Waals surface area contributed by atoms with Gasteiger partial charge in [-0.2, -0.15) is 0 Å². The van der Waals surface area contributed by atoms with Crippen molar-refractivity contribution in [1.82, 2.24) is 9.88 Å². The molecule has 5 nitrogen and oxygen atoms in total. The van der Waals surface area contributed by atoms with Crippen LogP contribution in [0.25, 0.3) is 11.5 Å². The number of aliphatic hydroxyl groups is 1. The van der Waals surface area contributed by atoms with Gasteiger partial charge in [0, 0.05) is 18.5 Å². The van der Waals surface area contributed by atoms with E-state index < -0.39 is 0 Å². The monoisotopic (exact) mass is 320 g/mol. The molecule has 0 bridgehead atoms. The van der Waals surface area contributed by atoms with E-state index in [1.165, 1.54) is 6.26 Å². The van der Waals surface area contributed by atoms with Crippen molar-refractivity contribution < 1.29 is 14.3 Å². The van der Waals surface area contributed by atoms with Gasteiger partial charge >= 0.3 is 0 Å². The van der Waals surface area contributed by atoms with Gasteiger partial charge in [0.25, 0.3) is 5.91 Å². The predicted molar refractivity (Wildman–Crippen MR) is 84.9 cm³/mol. The number of carbonyl (C=O) groups is 1. The molecule has 6 heteroatoms. The Morgan fingerprint density at radius 3 is 2.82 bits per heavy atom. The summed E-state index contributed by atoms with van der Waals surface area (Å²) in [4.78, 5) is 18.7. The van der Waals surface area contributed by atoms with E-state index >= 15 is 0 Å². The van der Waals surface area contributed by atoms with Crippen molar-refractivity contribution in [2.24, 2.45) is 5.92 Å². The van der Waals surface area contributed by atoms with Gasteiger partial charge in [-0.3, -0.25) is 4.79 Å². The second kappa shape index (κ2) is 6.22. The van der Waals surface area contributed by atoms with Crippen LogP contribution in [0.3, 0.4) is 0 Å². The molecule has 1 N–H and O–H groups in total. The minimum atomic E-state index is -0.300. The quantitative estimate of drug-likeness (QED) is 0.944. The Kier molecular flexibility index (Phi) is 4.31. The molecule has 0 radical (unpaired) electrons. The molecule has 1 amide bonds. The highest BCUT2D eigenvalue weighted by Gasteiger charge is 2.27. The molecular formula is C16H20N2O3S. The number of aliphatic hydroxyl groups excluding tert-OH is 1. The number of carbonyl (C=O) groups excluding carboxylic acids is 1. The fourth-order valence-electron chi connectivity index (χ4n) is 2.83. The van der Waals surface area contributed by atoms with Gasteiger partial charge in [0.05, 0.1) is 16.7 Å². The van der Waals surface area contributed by atoms with Gasteiger partial charge in [-0.05, 0) is 38.7 Å². The minimum Gasteiger partial charge on any atom is -0.462 e. The number of likely N-dealkylation sites (tertiary alicyclic amines) is 1. The van der Waals surface area contributed by atoms with E-state index in [1.807, 2.05) is 24.1 Å². The predicted octanol–water partition coefficient (Wildman–Crippen LogP) is 2.94. The number of nitrogens with zero attached hydrogens (tertiary/aromatic N) is 2. The van der Waals surface area contributed by atoms with Crippen molar-refractivity contribution in [3.63, 3.8) is 0 Å². The number of aromatic nitrogens is 1. The van der Waals surface area contributed by atoms with Gasteiger partial charge < -0.3 is 14.4 Å². The maximum Gasteiger partial charge on any atom is 0.257 e. The summed E-state index contributed by atoms with van der Waals surface area (Å²) in [7, 11) is 0. The number of amides is 1. The number of rotatable bonds is 3. The average Bonchev–Trinajstić information content (AvgIpc) is 3.15. The molecule has 1 saturated heterocycles. The number of aryl methyl sites for hydroxylation is 1. The Morgan fingerprint density at radius 1 is 1.50 bits per heavy atom. The van der Waals surface area contributed by atoms with Gasteiger partial charge in [0.15, 0.2) is 5.76 Å². The first kappa shape index (κ1) is 15.2. The number of piperidine rings is 1. The summed E-state index contributed by atoms with van der Waals surface area (Å²) in [6, 6.07) is 1.76. The van der Waals surface area contributed by atoms with Crippen LogP contribution >= 0.6 is 11.3 Å². The molecule has 1 atom stereocenters. The second-order valence-corrected chi connectivity index (χ2v) is 6.88. The van der Waals surface area contributed by atoms with Crippen LogP contribution in [0.5, 0.6) is 0 Å². The molecule has 1 unspecified atom stereocenters. The van der Waals surface area contributed by atoms with Gasteiger partial charge in [0.1, 0.15) is 12.0 Å². The molecule has 2 aromatic rings. The fraction of sp³-hybridized carbons (Fsp3) is 0.500. The third kappa shape index (κ3) is 3.08. The highest BCUT2D eigenvalue weighted by atomic mass is 32.1. The number of hydrogen-bond acceptors (Lipinski definition) is 5. The van der Waals surface area contributed by atoms with Crippen LogP contribution in [0, 0.1) is 12.8 Å². The molecule has 1 fully saturated rings. The molecular weight excluding hydrogens is 300 g/mol. The number of thiazole rings is 1. The largest absolute Gasteiger partial charge is 0.462 e. The zero-order valence-electron chi connectivity index (χ0n) is 12.8. The number of furan rings is 1. The summed E-state index contributed by atoms with van der Waals surface area (Å²) in [5.41, 5.74) is 1.34. The van der Waals surface area contributed by atoms with Crippen LogP contribution in [0.1, 0.15) is 35.1 Å². The Balaban J connectivity index is 1.67. The maximum atomic E-state index is 12.5. The molecule has 3 heterocycles. The zero-order valence-corrected chi connectivity index (χ0v) is 13.6. The van der Waals surface area contributed by atoms with Crippen molar-refractivity contribution in [2.75, 3.05) is 13.1 Å². The third-order valence-electron chi connectivity index (χ3n) is 4.23. The molecule has 1 aliphatic heterocycles. The molecule has 118 valence electrons. The standard InChI is InChI=1S/C16H20N2O3S/c1-10(19)12-3-5-18(6-4-12)16(20)13-7-15(21-8-13)14-9-22-11(2)17-14/h7-10,12,19H,3-6H2,1-2H3. The molecule has 0 saturated carbocycles. The van der Waals surface area contributed by atoms with Crippen molar-refractivity contribution in [3.05, 3.63) is 28.3 Å². The van der Waals surface area contributed by atoms with E-state index in [0.29, 0.717) is 30.3 Å². The Hall–Kier alpha value is -1.66. The second-order valence-electron chi connectivity index (χ2n) is 5.82. The average molecular weight is 320 g/mol. The molecule has 2 aromatic heterocycles. The Bertz CT molecular complexity index is 654. The van der Waals surface area contributed by atoms with Crippen LogP contribution in [0.4, 0.5) is 0 Å². The molecule has 1 aliphatic rings.